The van der Waals surface area contributed by atoms with E-state index >= 15 is 0 Å². The van der Waals surface area contributed by atoms with Crippen LogP contribution in [0.15, 0.2) is 16.7 Å². The largest absolute Gasteiger partial charge is 0.493 e. The Morgan fingerprint density at radius 1 is 1.35 bits per heavy atom. The third kappa shape index (κ3) is 2.48. The van der Waals surface area contributed by atoms with Crippen molar-refractivity contribution in [1.29, 1.82) is 0 Å². The number of aliphatic hydroxyl groups excluding tert-OH is 1. The van der Waals surface area contributed by atoms with Crippen molar-refractivity contribution in [2.75, 3.05) is 14.2 Å². The number of nitrogens with zero attached hydrogens (tertiary/aromatic N) is 3. The number of aromatic nitrogens is 3. The molecule has 2 aromatic rings. The molecule has 0 saturated carbocycles. The molecule has 1 atom stereocenters. The summed E-state index contributed by atoms with van der Waals surface area (Å²) >= 11 is 9.53. The van der Waals surface area contributed by atoms with Crippen LogP contribution in [-0.4, -0.2) is 34.3 Å². The van der Waals surface area contributed by atoms with Crippen LogP contribution in [0, 0.1) is 0 Å². The van der Waals surface area contributed by atoms with Gasteiger partial charge in [-0.1, -0.05) is 22.9 Å². The molecule has 1 aromatic carbocycles. The molecule has 0 radical (unpaired) electrons. The molecule has 1 heterocycles. The van der Waals surface area contributed by atoms with Gasteiger partial charge in [0.1, 0.15) is 11.8 Å². The summed E-state index contributed by atoms with van der Waals surface area (Å²) in [5, 5.41) is 18.4. The van der Waals surface area contributed by atoms with E-state index in [4.69, 9.17) is 21.1 Å². The molecule has 0 saturated heterocycles. The number of hydrogen-bond donors (Lipinski definition) is 1. The third-order valence-corrected chi connectivity index (χ3v) is 3.85. The molecule has 0 bridgehead atoms. The van der Waals surface area contributed by atoms with Crippen LogP contribution in [0.2, 0.25) is 5.02 Å². The van der Waals surface area contributed by atoms with Crippen LogP contribution in [0.3, 0.4) is 0 Å². The lowest BCUT2D eigenvalue weighted by Crippen LogP contribution is -2.08. The van der Waals surface area contributed by atoms with Gasteiger partial charge in [0.15, 0.2) is 16.1 Å². The first-order valence-corrected chi connectivity index (χ1v) is 6.81. The molecular weight excluding hydrogens is 350 g/mol. The second-order valence-electron chi connectivity index (χ2n) is 4.00. The summed E-state index contributed by atoms with van der Waals surface area (Å²) in [6.45, 7) is 0. The lowest BCUT2D eigenvalue weighted by atomic mass is 10.1. The highest BCUT2D eigenvalue weighted by atomic mass is 79.9. The normalized spacial score (nSPS) is 12.3. The SMILES string of the molecule is COc1ccc(C(O)c2c(Br)nnn2C)c(Cl)c1OC. The van der Waals surface area contributed by atoms with Gasteiger partial charge in [0.25, 0.3) is 0 Å². The van der Waals surface area contributed by atoms with Gasteiger partial charge in [-0.25, -0.2) is 4.68 Å². The van der Waals surface area contributed by atoms with Crippen molar-refractivity contribution in [3.05, 3.63) is 33.0 Å². The van der Waals surface area contributed by atoms with Gasteiger partial charge in [-0.05, 0) is 22.0 Å². The molecule has 2 rings (SSSR count). The second kappa shape index (κ2) is 5.99. The van der Waals surface area contributed by atoms with Crippen LogP contribution >= 0.6 is 27.5 Å². The van der Waals surface area contributed by atoms with E-state index in [0.717, 1.165) is 0 Å². The molecule has 108 valence electrons. The van der Waals surface area contributed by atoms with Crippen LogP contribution in [0.4, 0.5) is 0 Å². The quantitative estimate of drug-likeness (QED) is 0.904. The van der Waals surface area contributed by atoms with Crippen molar-refractivity contribution in [2.45, 2.75) is 6.10 Å². The molecule has 1 aromatic heterocycles. The fourth-order valence-corrected chi connectivity index (χ4v) is 2.77. The number of halogens is 2. The Kier molecular flexibility index (Phi) is 4.52. The van der Waals surface area contributed by atoms with Crippen LogP contribution in [-0.2, 0) is 7.05 Å². The molecule has 1 unspecified atom stereocenters. The zero-order chi connectivity index (χ0) is 14.9. The molecule has 0 aliphatic rings. The minimum absolute atomic E-state index is 0.285. The van der Waals surface area contributed by atoms with Gasteiger partial charge >= 0.3 is 0 Å². The van der Waals surface area contributed by atoms with Crippen molar-refractivity contribution >= 4 is 27.5 Å². The van der Waals surface area contributed by atoms with Crippen molar-refractivity contribution in [3.63, 3.8) is 0 Å². The summed E-state index contributed by atoms with van der Waals surface area (Å²) in [7, 11) is 4.69. The summed E-state index contributed by atoms with van der Waals surface area (Å²) in [6.07, 6.45) is -0.989. The van der Waals surface area contributed by atoms with E-state index in [1.54, 1.807) is 19.2 Å². The zero-order valence-electron chi connectivity index (χ0n) is 11.1. The van der Waals surface area contributed by atoms with Gasteiger partial charge in [-0.2, -0.15) is 0 Å². The number of rotatable bonds is 4. The van der Waals surface area contributed by atoms with Gasteiger partial charge in [-0.15, -0.1) is 5.10 Å². The van der Waals surface area contributed by atoms with E-state index in [1.165, 1.54) is 18.9 Å². The summed E-state index contributed by atoms with van der Waals surface area (Å²) in [6, 6.07) is 3.36. The average Bonchev–Trinajstić information content (AvgIpc) is 2.77. The molecule has 6 nitrogen and oxygen atoms in total. The lowest BCUT2D eigenvalue weighted by molar-refractivity contribution is 0.208. The molecule has 0 amide bonds. The Bertz CT molecular complexity index is 613. The third-order valence-electron chi connectivity index (χ3n) is 2.90. The topological polar surface area (TPSA) is 69.4 Å². The molecule has 0 spiro atoms. The number of ether oxygens (including phenoxy) is 2. The van der Waals surface area contributed by atoms with E-state index in [0.29, 0.717) is 27.4 Å². The molecule has 0 aliphatic carbocycles. The van der Waals surface area contributed by atoms with Gasteiger partial charge in [0.05, 0.1) is 19.2 Å². The Hall–Kier alpha value is -1.31. The first-order valence-electron chi connectivity index (χ1n) is 5.64. The van der Waals surface area contributed by atoms with E-state index in [2.05, 4.69) is 26.2 Å². The minimum Gasteiger partial charge on any atom is -0.493 e. The lowest BCUT2D eigenvalue weighted by Gasteiger charge is -2.17. The number of aryl methyl sites for hydroxylation is 1. The maximum absolute atomic E-state index is 10.5. The number of benzene rings is 1. The van der Waals surface area contributed by atoms with Crippen LogP contribution < -0.4 is 9.47 Å². The predicted molar refractivity (Wildman–Crippen MR) is 77.3 cm³/mol. The van der Waals surface area contributed by atoms with Crippen molar-refractivity contribution < 1.29 is 14.6 Å². The van der Waals surface area contributed by atoms with Crippen molar-refractivity contribution in [1.82, 2.24) is 15.0 Å². The van der Waals surface area contributed by atoms with Gasteiger partial charge in [0.2, 0.25) is 0 Å². The average molecular weight is 363 g/mol. The Labute approximate surface area is 129 Å². The predicted octanol–water partition coefficient (Wildman–Crippen LogP) is 2.33. The number of hydrogen-bond acceptors (Lipinski definition) is 5. The van der Waals surface area contributed by atoms with Crippen LogP contribution in [0.5, 0.6) is 11.5 Å². The van der Waals surface area contributed by atoms with E-state index in [1.807, 2.05) is 0 Å². The fourth-order valence-electron chi connectivity index (χ4n) is 1.89. The summed E-state index contributed by atoms with van der Waals surface area (Å²) in [5.74, 6) is 0.868. The molecule has 0 aliphatic heterocycles. The Balaban J connectivity index is 2.53. The number of aliphatic hydroxyl groups is 1. The second-order valence-corrected chi connectivity index (χ2v) is 5.13. The molecule has 1 N–H and O–H groups in total. The first kappa shape index (κ1) is 15.1. The highest BCUT2D eigenvalue weighted by Gasteiger charge is 2.24. The molecular formula is C12H13BrClN3O3. The molecule has 20 heavy (non-hydrogen) atoms. The first-order chi connectivity index (χ1) is 9.51. The van der Waals surface area contributed by atoms with Gasteiger partial charge in [-0.3, -0.25) is 0 Å². The Morgan fingerprint density at radius 3 is 2.55 bits per heavy atom. The summed E-state index contributed by atoms with van der Waals surface area (Å²) in [5.41, 5.74) is 0.981. The highest BCUT2D eigenvalue weighted by molar-refractivity contribution is 9.10. The molecule has 0 fully saturated rings. The molecule has 8 heteroatoms. The summed E-state index contributed by atoms with van der Waals surface area (Å²) < 4.78 is 12.3. The number of methoxy groups -OCH3 is 2. The summed E-state index contributed by atoms with van der Waals surface area (Å²) in [4.78, 5) is 0. The fraction of sp³-hybridized carbons (Fsp3) is 0.333. The zero-order valence-corrected chi connectivity index (χ0v) is 13.4. The smallest absolute Gasteiger partial charge is 0.179 e. The van der Waals surface area contributed by atoms with E-state index < -0.39 is 6.10 Å². The minimum atomic E-state index is -0.989. The van der Waals surface area contributed by atoms with Crippen LogP contribution in [0.1, 0.15) is 17.4 Å². The van der Waals surface area contributed by atoms with Gasteiger partial charge in [0, 0.05) is 12.6 Å². The maximum atomic E-state index is 10.5. The van der Waals surface area contributed by atoms with E-state index in [9.17, 15) is 5.11 Å². The van der Waals surface area contributed by atoms with Gasteiger partial charge < -0.3 is 14.6 Å². The van der Waals surface area contributed by atoms with E-state index in [-0.39, 0.29) is 5.02 Å². The monoisotopic (exact) mass is 361 g/mol. The standard InChI is InChI=1S/C12H13BrClN3O3/c1-17-9(12(13)15-16-17)10(18)6-4-5-7(19-2)11(20-3)8(6)14/h4-5,10,18H,1-3H3. The Morgan fingerprint density at radius 2 is 2.05 bits per heavy atom. The maximum Gasteiger partial charge on any atom is 0.179 e. The highest BCUT2D eigenvalue weighted by Crippen LogP contribution is 2.41. The van der Waals surface area contributed by atoms with Crippen molar-refractivity contribution in [3.8, 4) is 11.5 Å². The van der Waals surface area contributed by atoms with Crippen LogP contribution in [0.25, 0.3) is 0 Å². The van der Waals surface area contributed by atoms with Crippen molar-refractivity contribution in [2.24, 2.45) is 7.05 Å².